The highest BCUT2D eigenvalue weighted by Crippen LogP contribution is 2.28. The van der Waals surface area contributed by atoms with Gasteiger partial charge in [0.15, 0.2) is 0 Å². The van der Waals surface area contributed by atoms with Crippen molar-refractivity contribution in [2.75, 3.05) is 0 Å². The summed E-state index contributed by atoms with van der Waals surface area (Å²) in [5, 5.41) is 8.37. The zero-order valence-electron chi connectivity index (χ0n) is 9.18. The Morgan fingerprint density at radius 2 is 2.19 bits per heavy atom. The monoisotopic (exact) mass is 236 g/mol. The number of halogens is 1. The Hall–Kier alpha value is -1.39. The summed E-state index contributed by atoms with van der Waals surface area (Å²) in [5.74, 6) is 0. The Bertz CT molecular complexity index is 506. The second-order valence-corrected chi connectivity index (χ2v) is 4.12. The zero-order valence-corrected chi connectivity index (χ0v) is 9.94. The van der Waals surface area contributed by atoms with Crippen molar-refractivity contribution in [3.8, 4) is 0 Å². The molecule has 2 rings (SSSR count). The molecule has 4 nitrogen and oxygen atoms in total. The van der Waals surface area contributed by atoms with Gasteiger partial charge in [0.2, 0.25) is 0 Å². The van der Waals surface area contributed by atoms with Crippen LogP contribution in [-0.4, -0.2) is 15.0 Å². The first-order chi connectivity index (χ1) is 7.61. The average molecular weight is 237 g/mol. The average Bonchev–Trinajstić information content (AvgIpc) is 2.68. The van der Waals surface area contributed by atoms with Gasteiger partial charge in [0, 0.05) is 12.1 Å². The van der Waals surface area contributed by atoms with Crippen molar-refractivity contribution in [2.24, 2.45) is 12.8 Å². The number of nitrogens with two attached hydrogens (primary N) is 1. The molecule has 1 aromatic carbocycles. The van der Waals surface area contributed by atoms with E-state index < -0.39 is 0 Å². The standard InChI is InChI=1S/C11H13ClN4/c1-7-4-3-5-8(10(7)12)11(13)9-6-14-15-16(9)2/h3-6,11H,13H2,1-2H3. The van der Waals surface area contributed by atoms with E-state index in [1.54, 1.807) is 10.9 Å². The molecule has 1 unspecified atom stereocenters. The molecule has 0 saturated carbocycles. The van der Waals surface area contributed by atoms with Crippen molar-refractivity contribution in [3.05, 3.63) is 46.2 Å². The van der Waals surface area contributed by atoms with Gasteiger partial charge >= 0.3 is 0 Å². The highest BCUT2D eigenvalue weighted by molar-refractivity contribution is 6.32. The van der Waals surface area contributed by atoms with Crippen LogP contribution in [0.5, 0.6) is 0 Å². The minimum atomic E-state index is -0.299. The van der Waals surface area contributed by atoms with Gasteiger partial charge in [-0.3, -0.25) is 4.68 Å². The normalized spacial score (nSPS) is 12.8. The quantitative estimate of drug-likeness (QED) is 0.866. The Kier molecular flexibility index (Phi) is 2.94. The van der Waals surface area contributed by atoms with Crippen LogP contribution >= 0.6 is 11.6 Å². The SMILES string of the molecule is Cc1cccc(C(N)c2cnnn2C)c1Cl. The summed E-state index contributed by atoms with van der Waals surface area (Å²) in [6.07, 6.45) is 1.66. The molecule has 0 spiro atoms. The van der Waals surface area contributed by atoms with Crippen LogP contribution in [0.1, 0.15) is 22.9 Å². The lowest BCUT2D eigenvalue weighted by molar-refractivity contribution is 0.651. The summed E-state index contributed by atoms with van der Waals surface area (Å²) in [5.41, 5.74) is 8.90. The number of aromatic nitrogens is 3. The first-order valence-corrected chi connectivity index (χ1v) is 5.34. The number of rotatable bonds is 2. The van der Waals surface area contributed by atoms with Gasteiger partial charge in [-0.25, -0.2) is 0 Å². The van der Waals surface area contributed by atoms with Gasteiger partial charge in [0.1, 0.15) is 0 Å². The van der Waals surface area contributed by atoms with Gasteiger partial charge in [0.05, 0.1) is 17.9 Å². The Morgan fingerprint density at radius 3 is 2.81 bits per heavy atom. The number of benzene rings is 1. The third-order valence-corrected chi connectivity index (χ3v) is 3.14. The lowest BCUT2D eigenvalue weighted by Crippen LogP contribution is -2.16. The van der Waals surface area contributed by atoms with Gasteiger partial charge in [-0.1, -0.05) is 35.0 Å². The Labute approximate surface area is 99.0 Å². The first kappa shape index (κ1) is 11.1. The van der Waals surface area contributed by atoms with Crippen molar-refractivity contribution in [1.82, 2.24) is 15.0 Å². The van der Waals surface area contributed by atoms with Gasteiger partial charge in [0.25, 0.3) is 0 Å². The van der Waals surface area contributed by atoms with Gasteiger partial charge < -0.3 is 5.73 Å². The van der Waals surface area contributed by atoms with Gasteiger partial charge in [-0.15, -0.1) is 5.10 Å². The third-order valence-electron chi connectivity index (χ3n) is 2.62. The summed E-state index contributed by atoms with van der Waals surface area (Å²) in [6.45, 7) is 1.96. The fourth-order valence-electron chi connectivity index (χ4n) is 1.65. The summed E-state index contributed by atoms with van der Waals surface area (Å²) >= 11 is 6.23. The van der Waals surface area contributed by atoms with Crippen LogP contribution in [0.3, 0.4) is 0 Å². The molecule has 2 N–H and O–H groups in total. The molecule has 0 aliphatic rings. The van der Waals surface area contributed by atoms with Crippen molar-refractivity contribution in [3.63, 3.8) is 0 Å². The summed E-state index contributed by atoms with van der Waals surface area (Å²) < 4.78 is 1.66. The fraction of sp³-hybridized carbons (Fsp3) is 0.273. The van der Waals surface area contributed by atoms with Crippen LogP contribution in [-0.2, 0) is 7.05 Å². The van der Waals surface area contributed by atoms with E-state index in [9.17, 15) is 0 Å². The van der Waals surface area contributed by atoms with E-state index in [-0.39, 0.29) is 6.04 Å². The van der Waals surface area contributed by atoms with E-state index in [1.807, 2.05) is 32.2 Å². The number of nitrogens with zero attached hydrogens (tertiary/aromatic N) is 3. The first-order valence-electron chi connectivity index (χ1n) is 4.96. The minimum absolute atomic E-state index is 0.299. The maximum atomic E-state index is 6.23. The van der Waals surface area contributed by atoms with E-state index in [0.717, 1.165) is 16.8 Å². The minimum Gasteiger partial charge on any atom is -0.319 e. The fourth-order valence-corrected chi connectivity index (χ4v) is 1.89. The molecular weight excluding hydrogens is 224 g/mol. The zero-order chi connectivity index (χ0) is 11.7. The van der Waals surface area contributed by atoms with E-state index in [0.29, 0.717) is 5.02 Å². The lowest BCUT2D eigenvalue weighted by Gasteiger charge is -2.14. The number of aryl methyl sites for hydroxylation is 2. The molecule has 16 heavy (non-hydrogen) atoms. The number of hydrogen-bond acceptors (Lipinski definition) is 3. The van der Waals surface area contributed by atoms with Crippen molar-refractivity contribution in [1.29, 1.82) is 0 Å². The molecule has 84 valence electrons. The van der Waals surface area contributed by atoms with Crippen LogP contribution in [0, 0.1) is 6.92 Å². The molecule has 2 aromatic rings. The van der Waals surface area contributed by atoms with Gasteiger partial charge in [-0.2, -0.15) is 0 Å². The van der Waals surface area contributed by atoms with E-state index >= 15 is 0 Å². The molecule has 5 heteroatoms. The van der Waals surface area contributed by atoms with E-state index in [1.165, 1.54) is 0 Å². The van der Waals surface area contributed by atoms with Crippen molar-refractivity contribution in [2.45, 2.75) is 13.0 Å². The summed E-state index contributed by atoms with van der Waals surface area (Å²) in [7, 11) is 1.81. The predicted molar refractivity (Wildman–Crippen MR) is 63.2 cm³/mol. The van der Waals surface area contributed by atoms with E-state index in [2.05, 4.69) is 10.3 Å². The third kappa shape index (κ3) is 1.81. The maximum Gasteiger partial charge on any atom is 0.0797 e. The van der Waals surface area contributed by atoms with Crippen LogP contribution < -0.4 is 5.73 Å². The molecule has 0 fully saturated rings. The highest BCUT2D eigenvalue weighted by Gasteiger charge is 2.16. The molecule has 0 aliphatic carbocycles. The lowest BCUT2D eigenvalue weighted by atomic mass is 10.0. The van der Waals surface area contributed by atoms with Gasteiger partial charge in [-0.05, 0) is 18.1 Å². The largest absolute Gasteiger partial charge is 0.319 e. The second kappa shape index (κ2) is 4.23. The predicted octanol–water partition coefficient (Wildman–Crippen LogP) is 1.83. The highest BCUT2D eigenvalue weighted by atomic mass is 35.5. The van der Waals surface area contributed by atoms with E-state index in [4.69, 9.17) is 17.3 Å². The Balaban J connectivity index is 2.46. The summed E-state index contributed by atoms with van der Waals surface area (Å²) in [4.78, 5) is 0. The molecule has 1 aromatic heterocycles. The van der Waals surface area contributed by atoms with Crippen LogP contribution in [0.2, 0.25) is 5.02 Å². The molecule has 0 aliphatic heterocycles. The topological polar surface area (TPSA) is 56.7 Å². The van der Waals surface area contributed by atoms with Crippen LogP contribution in [0.15, 0.2) is 24.4 Å². The number of hydrogen-bond donors (Lipinski definition) is 1. The molecule has 0 saturated heterocycles. The molecule has 1 atom stereocenters. The molecule has 0 amide bonds. The van der Waals surface area contributed by atoms with Crippen molar-refractivity contribution < 1.29 is 0 Å². The smallest absolute Gasteiger partial charge is 0.0797 e. The molecular formula is C11H13ClN4. The van der Waals surface area contributed by atoms with Crippen molar-refractivity contribution >= 4 is 11.6 Å². The second-order valence-electron chi connectivity index (χ2n) is 3.74. The molecule has 0 bridgehead atoms. The maximum absolute atomic E-state index is 6.23. The van der Waals surface area contributed by atoms with Crippen LogP contribution in [0.25, 0.3) is 0 Å². The summed E-state index contributed by atoms with van der Waals surface area (Å²) in [6, 6.07) is 5.53. The molecule has 0 radical (unpaired) electrons. The van der Waals surface area contributed by atoms with Crippen LogP contribution in [0.4, 0.5) is 0 Å². The molecule has 1 heterocycles. The Morgan fingerprint density at radius 1 is 1.44 bits per heavy atom.